The molecule has 0 aliphatic rings. The van der Waals surface area contributed by atoms with E-state index in [0.29, 0.717) is 39.6 Å². The first-order chi connectivity index (χ1) is 15.5. The van der Waals surface area contributed by atoms with Gasteiger partial charge in [0.2, 0.25) is 5.91 Å². The minimum atomic E-state index is -0.750. The second kappa shape index (κ2) is 11.5. The number of anilines is 1. The van der Waals surface area contributed by atoms with Gasteiger partial charge in [0, 0.05) is 16.8 Å². The van der Waals surface area contributed by atoms with Gasteiger partial charge in [-0.2, -0.15) is 11.8 Å². The minimum Gasteiger partial charge on any atom is -0.340 e. The molecule has 0 spiro atoms. The third-order valence-corrected chi connectivity index (χ3v) is 5.75. The molecule has 3 aromatic rings. The highest BCUT2D eigenvalue weighted by Gasteiger charge is 2.22. The van der Waals surface area contributed by atoms with Crippen LogP contribution in [0.15, 0.2) is 78.9 Å². The summed E-state index contributed by atoms with van der Waals surface area (Å²) in [6.07, 6.45) is 2.38. The number of nitrogens with one attached hydrogen (secondary N) is 2. The van der Waals surface area contributed by atoms with Crippen molar-refractivity contribution < 1.29 is 14.4 Å². The molecule has 1 unspecified atom stereocenters. The van der Waals surface area contributed by atoms with Crippen LogP contribution >= 0.6 is 23.4 Å². The smallest absolute Gasteiger partial charge is 0.253 e. The fourth-order valence-corrected chi connectivity index (χ4v) is 3.80. The lowest BCUT2D eigenvalue weighted by molar-refractivity contribution is -0.118. The first kappa shape index (κ1) is 23.6. The highest BCUT2D eigenvalue weighted by atomic mass is 35.5. The zero-order chi connectivity index (χ0) is 22.9. The zero-order valence-electron chi connectivity index (χ0n) is 17.5. The summed E-state index contributed by atoms with van der Waals surface area (Å²) in [7, 11) is 0. The number of benzene rings is 3. The van der Waals surface area contributed by atoms with E-state index < -0.39 is 11.9 Å². The fraction of sp³-hybridized carbons (Fsp3) is 0.160. The molecule has 0 bridgehead atoms. The van der Waals surface area contributed by atoms with Crippen molar-refractivity contribution in [2.45, 2.75) is 12.5 Å². The van der Waals surface area contributed by atoms with Crippen LogP contribution in [0.1, 0.15) is 32.7 Å². The summed E-state index contributed by atoms with van der Waals surface area (Å²) >= 11 is 7.70. The van der Waals surface area contributed by atoms with Crippen molar-refractivity contribution in [3.8, 4) is 0 Å². The van der Waals surface area contributed by atoms with Gasteiger partial charge in [-0.05, 0) is 42.7 Å². The molecule has 2 amide bonds. The molecule has 0 aliphatic heterocycles. The van der Waals surface area contributed by atoms with Gasteiger partial charge in [0.15, 0.2) is 5.78 Å². The van der Waals surface area contributed by atoms with Crippen LogP contribution in [-0.4, -0.2) is 35.6 Å². The van der Waals surface area contributed by atoms with E-state index in [1.54, 1.807) is 84.6 Å². The van der Waals surface area contributed by atoms with Crippen molar-refractivity contribution in [1.29, 1.82) is 0 Å². The third-order valence-electron chi connectivity index (χ3n) is 4.78. The largest absolute Gasteiger partial charge is 0.340 e. The van der Waals surface area contributed by atoms with Crippen LogP contribution in [0.4, 0.5) is 5.69 Å². The number of carbonyl (C=O) groups is 3. The average Bonchev–Trinajstić information content (AvgIpc) is 2.82. The van der Waals surface area contributed by atoms with Gasteiger partial charge in [0.25, 0.3) is 5.91 Å². The Bertz CT molecular complexity index is 1110. The first-order valence-electron chi connectivity index (χ1n) is 10.0. The van der Waals surface area contributed by atoms with Gasteiger partial charge in [-0.25, -0.2) is 0 Å². The molecule has 0 heterocycles. The molecule has 7 heteroatoms. The fourth-order valence-electron chi connectivity index (χ4n) is 3.11. The van der Waals surface area contributed by atoms with Crippen molar-refractivity contribution in [2.75, 3.05) is 17.3 Å². The monoisotopic (exact) mass is 466 g/mol. The van der Waals surface area contributed by atoms with Crippen LogP contribution in [0, 0.1) is 0 Å². The van der Waals surface area contributed by atoms with E-state index in [4.69, 9.17) is 11.6 Å². The summed E-state index contributed by atoms with van der Waals surface area (Å²) in [5.74, 6) is -0.214. The number of halogens is 1. The highest BCUT2D eigenvalue weighted by Crippen LogP contribution is 2.17. The van der Waals surface area contributed by atoms with Crippen LogP contribution in [-0.2, 0) is 4.79 Å². The summed E-state index contributed by atoms with van der Waals surface area (Å²) < 4.78 is 0. The number of rotatable bonds is 9. The molecule has 0 fully saturated rings. The second-order valence-corrected chi connectivity index (χ2v) is 8.45. The van der Waals surface area contributed by atoms with Gasteiger partial charge in [-0.15, -0.1) is 0 Å². The molecule has 0 saturated heterocycles. The number of ketones is 1. The Morgan fingerprint density at radius 2 is 1.59 bits per heavy atom. The number of thioether (sulfide) groups is 1. The molecule has 5 nitrogen and oxygen atoms in total. The lowest BCUT2D eigenvalue weighted by Crippen LogP contribution is -2.44. The maximum absolute atomic E-state index is 13.0. The SMILES string of the molecule is CSCCC(NC(=O)c1ccccc1Cl)C(=O)Nc1cccc(C(=O)c2ccccc2)c1. The van der Waals surface area contributed by atoms with E-state index in [-0.39, 0.29) is 11.7 Å². The molecule has 0 aliphatic carbocycles. The Labute approximate surface area is 196 Å². The number of hydrogen-bond acceptors (Lipinski definition) is 4. The predicted molar refractivity (Wildman–Crippen MR) is 131 cm³/mol. The van der Waals surface area contributed by atoms with Crippen LogP contribution in [0.5, 0.6) is 0 Å². The van der Waals surface area contributed by atoms with Crippen molar-refractivity contribution in [1.82, 2.24) is 5.32 Å². The van der Waals surface area contributed by atoms with Gasteiger partial charge in [-0.1, -0.05) is 66.2 Å². The van der Waals surface area contributed by atoms with Crippen LogP contribution in [0.3, 0.4) is 0 Å². The van der Waals surface area contributed by atoms with Crippen molar-refractivity contribution in [2.24, 2.45) is 0 Å². The van der Waals surface area contributed by atoms with Crippen molar-refractivity contribution >= 4 is 46.6 Å². The Hall–Kier alpha value is -3.09. The lowest BCUT2D eigenvalue weighted by atomic mass is 10.0. The van der Waals surface area contributed by atoms with Gasteiger partial charge < -0.3 is 10.6 Å². The molecule has 0 aromatic heterocycles. The minimum absolute atomic E-state index is 0.132. The first-order valence-corrected chi connectivity index (χ1v) is 11.8. The molecule has 2 N–H and O–H groups in total. The molecule has 1 atom stereocenters. The summed E-state index contributed by atoms with van der Waals surface area (Å²) in [6.45, 7) is 0. The van der Waals surface area contributed by atoms with E-state index in [9.17, 15) is 14.4 Å². The lowest BCUT2D eigenvalue weighted by Gasteiger charge is -2.19. The maximum Gasteiger partial charge on any atom is 0.253 e. The van der Waals surface area contributed by atoms with Crippen LogP contribution in [0.25, 0.3) is 0 Å². The molecule has 3 rings (SSSR count). The average molecular weight is 467 g/mol. The van der Waals surface area contributed by atoms with Crippen molar-refractivity contribution in [3.05, 3.63) is 101 Å². The Balaban J connectivity index is 1.74. The topological polar surface area (TPSA) is 75.3 Å². The molecule has 32 heavy (non-hydrogen) atoms. The molecule has 0 saturated carbocycles. The van der Waals surface area contributed by atoms with Crippen molar-refractivity contribution in [3.63, 3.8) is 0 Å². The van der Waals surface area contributed by atoms with E-state index >= 15 is 0 Å². The van der Waals surface area contributed by atoms with E-state index in [0.717, 1.165) is 0 Å². The molecule has 3 aromatic carbocycles. The summed E-state index contributed by atoms with van der Waals surface area (Å²) in [4.78, 5) is 38.3. The Kier molecular flexibility index (Phi) is 8.48. The number of hydrogen-bond donors (Lipinski definition) is 2. The Morgan fingerprint density at radius 3 is 2.31 bits per heavy atom. The summed E-state index contributed by atoms with van der Waals surface area (Å²) in [5.41, 5.74) is 1.83. The predicted octanol–water partition coefficient (Wildman–Crippen LogP) is 5.06. The normalized spacial score (nSPS) is 11.4. The Morgan fingerprint density at radius 1 is 0.906 bits per heavy atom. The zero-order valence-corrected chi connectivity index (χ0v) is 19.1. The van der Waals surface area contributed by atoms with E-state index in [1.165, 1.54) is 0 Å². The molecular weight excluding hydrogens is 444 g/mol. The summed E-state index contributed by atoms with van der Waals surface area (Å²) in [6, 6.07) is 21.6. The third kappa shape index (κ3) is 6.22. The second-order valence-electron chi connectivity index (χ2n) is 7.05. The standard InChI is InChI=1S/C25H23ClN2O3S/c1-32-15-14-22(28-24(30)20-12-5-6-13-21(20)26)25(31)27-19-11-7-10-18(16-19)23(29)17-8-3-2-4-9-17/h2-13,16,22H,14-15H2,1H3,(H,27,31)(H,28,30). The quantitative estimate of drug-likeness (QED) is 0.432. The number of amides is 2. The molecule has 164 valence electrons. The van der Waals surface area contributed by atoms with Crippen LogP contribution in [0.2, 0.25) is 5.02 Å². The molecular formula is C25H23ClN2O3S. The highest BCUT2D eigenvalue weighted by molar-refractivity contribution is 7.98. The van der Waals surface area contributed by atoms with Gasteiger partial charge in [0.1, 0.15) is 6.04 Å². The van der Waals surface area contributed by atoms with E-state index in [2.05, 4.69) is 10.6 Å². The maximum atomic E-state index is 13.0. The summed E-state index contributed by atoms with van der Waals surface area (Å²) in [5, 5.41) is 5.92. The van der Waals surface area contributed by atoms with E-state index in [1.807, 2.05) is 12.3 Å². The van der Waals surface area contributed by atoms with Gasteiger partial charge >= 0.3 is 0 Å². The number of carbonyl (C=O) groups excluding carboxylic acids is 3. The van der Waals surface area contributed by atoms with Crippen LogP contribution < -0.4 is 10.6 Å². The van der Waals surface area contributed by atoms with Gasteiger partial charge in [-0.3, -0.25) is 14.4 Å². The van der Waals surface area contributed by atoms with Gasteiger partial charge in [0.05, 0.1) is 10.6 Å². The molecule has 0 radical (unpaired) electrons.